The second-order valence-electron chi connectivity index (χ2n) is 5.10. The van der Waals surface area contributed by atoms with E-state index >= 15 is 0 Å². The zero-order valence-electron chi connectivity index (χ0n) is 14.1. The number of esters is 1. The number of hydrogen-bond acceptors (Lipinski definition) is 6. The van der Waals surface area contributed by atoms with Gasteiger partial charge < -0.3 is 19.2 Å². The number of hydrogen-bond donors (Lipinski definition) is 1. The third kappa shape index (κ3) is 5.17. The maximum absolute atomic E-state index is 12.1. The van der Waals surface area contributed by atoms with E-state index in [1.807, 2.05) is 6.92 Å². The van der Waals surface area contributed by atoms with Gasteiger partial charge in [0, 0.05) is 11.1 Å². The van der Waals surface area contributed by atoms with Crippen LogP contribution in [0.25, 0.3) is 0 Å². The normalized spacial score (nSPS) is 10.4. The summed E-state index contributed by atoms with van der Waals surface area (Å²) in [7, 11) is 2.80. The van der Waals surface area contributed by atoms with Crippen molar-refractivity contribution in [2.24, 2.45) is 0 Å². The molecule has 0 radical (unpaired) electrons. The maximum Gasteiger partial charge on any atom is 0.373 e. The van der Waals surface area contributed by atoms with Crippen molar-refractivity contribution >= 4 is 40.9 Å². The lowest BCUT2D eigenvalue weighted by atomic mass is 10.2. The SMILES string of the molecule is COC(=O)c1ccc(CSCC(=O)Nc2cc(C)c(Cl)cc2OC)o1. The van der Waals surface area contributed by atoms with E-state index in [4.69, 9.17) is 20.8 Å². The van der Waals surface area contributed by atoms with Gasteiger partial charge in [-0.15, -0.1) is 11.8 Å². The molecule has 8 heteroatoms. The predicted molar refractivity (Wildman–Crippen MR) is 97.6 cm³/mol. The first-order chi connectivity index (χ1) is 11.9. The Morgan fingerprint density at radius 1 is 1.28 bits per heavy atom. The molecule has 1 amide bonds. The fourth-order valence-corrected chi connectivity index (χ4v) is 2.90. The topological polar surface area (TPSA) is 77.8 Å². The van der Waals surface area contributed by atoms with Crippen molar-refractivity contribution in [1.82, 2.24) is 0 Å². The van der Waals surface area contributed by atoms with Crippen molar-refractivity contribution in [2.45, 2.75) is 12.7 Å². The van der Waals surface area contributed by atoms with Gasteiger partial charge in [0.15, 0.2) is 0 Å². The molecule has 1 N–H and O–H groups in total. The molecular formula is C17H18ClNO5S. The Morgan fingerprint density at radius 3 is 2.72 bits per heavy atom. The first-order valence-electron chi connectivity index (χ1n) is 7.33. The number of carbonyl (C=O) groups excluding carboxylic acids is 2. The van der Waals surface area contributed by atoms with Crippen molar-refractivity contribution < 1.29 is 23.5 Å². The van der Waals surface area contributed by atoms with Crippen LogP contribution in [0.1, 0.15) is 21.9 Å². The van der Waals surface area contributed by atoms with Gasteiger partial charge in [-0.05, 0) is 30.7 Å². The van der Waals surface area contributed by atoms with Crippen LogP contribution in [-0.2, 0) is 15.3 Å². The molecular weight excluding hydrogens is 366 g/mol. The van der Waals surface area contributed by atoms with E-state index in [1.54, 1.807) is 24.3 Å². The summed E-state index contributed by atoms with van der Waals surface area (Å²) < 4.78 is 15.1. The lowest BCUT2D eigenvalue weighted by Crippen LogP contribution is -2.15. The summed E-state index contributed by atoms with van der Waals surface area (Å²) in [6, 6.07) is 6.65. The van der Waals surface area contributed by atoms with E-state index in [1.165, 1.54) is 26.0 Å². The third-order valence-electron chi connectivity index (χ3n) is 3.28. The molecule has 0 saturated carbocycles. The van der Waals surface area contributed by atoms with Crippen LogP contribution < -0.4 is 10.1 Å². The first kappa shape index (κ1) is 19.2. The second kappa shape index (κ2) is 8.82. The standard InChI is InChI=1S/C17H18ClNO5S/c1-10-6-13(15(22-2)7-12(10)18)19-16(20)9-25-8-11-4-5-14(24-11)17(21)23-3/h4-7H,8-9H2,1-3H3,(H,19,20). The Bertz CT molecular complexity index is 774. The maximum atomic E-state index is 12.1. The van der Waals surface area contributed by atoms with E-state index in [0.29, 0.717) is 28.0 Å². The van der Waals surface area contributed by atoms with Crippen molar-refractivity contribution in [3.63, 3.8) is 0 Å². The van der Waals surface area contributed by atoms with E-state index in [2.05, 4.69) is 10.1 Å². The highest BCUT2D eigenvalue weighted by molar-refractivity contribution is 7.99. The van der Waals surface area contributed by atoms with Crippen LogP contribution in [0.4, 0.5) is 5.69 Å². The molecule has 0 atom stereocenters. The van der Waals surface area contributed by atoms with E-state index in [9.17, 15) is 9.59 Å². The van der Waals surface area contributed by atoms with Crippen LogP contribution in [0.5, 0.6) is 5.75 Å². The van der Waals surface area contributed by atoms with E-state index < -0.39 is 5.97 Å². The average molecular weight is 384 g/mol. The van der Waals surface area contributed by atoms with Crippen LogP contribution >= 0.6 is 23.4 Å². The lowest BCUT2D eigenvalue weighted by Gasteiger charge is -2.12. The summed E-state index contributed by atoms with van der Waals surface area (Å²) in [5.41, 5.74) is 1.41. The van der Waals surface area contributed by atoms with Gasteiger partial charge in [0.25, 0.3) is 0 Å². The minimum atomic E-state index is -0.529. The van der Waals surface area contributed by atoms with Crippen molar-refractivity contribution in [2.75, 3.05) is 25.3 Å². The smallest absolute Gasteiger partial charge is 0.373 e. The Kier molecular flexibility index (Phi) is 6.78. The van der Waals surface area contributed by atoms with Crippen molar-refractivity contribution in [1.29, 1.82) is 0 Å². The highest BCUT2D eigenvalue weighted by Crippen LogP contribution is 2.31. The summed E-state index contributed by atoms with van der Waals surface area (Å²) in [6.45, 7) is 1.85. The number of aryl methyl sites for hydroxylation is 1. The molecule has 0 unspecified atom stereocenters. The Hall–Kier alpha value is -2.12. The van der Waals surface area contributed by atoms with Gasteiger partial charge in [-0.3, -0.25) is 4.79 Å². The van der Waals surface area contributed by atoms with Gasteiger partial charge >= 0.3 is 5.97 Å². The molecule has 0 aliphatic rings. The lowest BCUT2D eigenvalue weighted by molar-refractivity contribution is -0.113. The number of methoxy groups -OCH3 is 2. The van der Waals surface area contributed by atoms with Crippen LogP contribution in [0.2, 0.25) is 5.02 Å². The second-order valence-corrected chi connectivity index (χ2v) is 6.49. The monoisotopic (exact) mass is 383 g/mol. The molecule has 0 aliphatic heterocycles. The number of nitrogens with one attached hydrogen (secondary N) is 1. The molecule has 0 aliphatic carbocycles. The van der Waals surface area contributed by atoms with Crippen LogP contribution in [0.3, 0.4) is 0 Å². The quantitative estimate of drug-likeness (QED) is 0.730. The average Bonchev–Trinajstić information content (AvgIpc) is 3.06. The predicted octanol–water partition coefficient (Wildman–Crippen LogP) is 3.91. The minimum Gasteiger partial charge on any atom is -0.495 e. The molecule has 2 aromatic rings. The van der Waals surface area contributed by atoms with Gasteiger partial charge in [-0.25, -0.2) is 4.79 Å². The van der Waals surface area contributed by atoms with E-state index in [-0.39, 0.29) is 17.4 Å². The molecule has 6 nitrogen and oxygen atoms in total. The number of halogens is 1. The number of furan rings is 1. The number of amides is 1. The van der Waals surface area contributed by atoms with Gasteiger partial charge in [0.05, 0.1) is 31.4 Å². The third-order valence-corrected chi connectivity index (χ3v) is 4.64. The molecule has 25 heavy (non-hydrogen) atoms. The molecule has 2 rings (SSSR count). The molecule has 134 valence electrons. The summed E-state index contributed by atoms with van der Waals surface area (Å²) in [6.07, 6.45) is 0. The Balaban J connectivity index is 1.88. The van der Waals surface area contributed by atoms with E-state index in [0.717, 1.165) is 5.56 Å². The first-order valence-corrected chi connectivity index (χ1v) is 8.86. The number of anilines is 1. The molecule has 1 aromatic heterocycles. The summed E-state index contributed by atoms with van der Waals surface area (Å²) in [5.74, 6) is 1.22. The number of carbonyl (C=O) groups is 2. The highest BCUT2D eigenvalue weighted by atomic mass is 35.5. The zero-order chi connectivity index (χ0) is 18.4. The number of ether oxygens (including phenoxy) is 2. The number of rotatable bonds is 7. The minimum absolute atomic E-state index is 0.143. The van der Waals surface area contributed by atoms with Crippen LogP contribution in [0, 0.1) is 6.92 Å². The zero-order valence-corrected chi connectivity index (χ0v) is 15.6. The molecule has 0 spiro atoms. The Morgan fingerprint density at radius 2 is 2.04 bits per heavy atom. The fourth-order valence-electron chi connectivity index (χ4n) is 2.03. The molecule has 0 saturated heterocycles. The summed E-state index contributed by atoms with van der Waals surface area (Å²) >= 11 is 7.41. The molecule has 1 heterocycles. The molecule has 1 aromatic carbocycles. The van der Waals surface area contributed by atoms with Crippen molar-refractivity contribution in [3.05, 3.63) is 46.4 Å². The molecule has 0 fully saturated rings. The summed E-state index contributed by atoms with van der Waals surface area (Å²) in [5, 5.41) is 3.37. The Labute approximate surface area is 154 Å². The summed E-state index contributed by atoms with van der Waals surface area (Å²) in [4.78, 5) is 23.4. The van der Waals surface area contributed by atoms with Gasteiger partial charge in [0.1, 0.15) is 11.5 Å². The van der Waals surface area contributed by atoms with Gasteiger partial charge in [-0.1, -0.05) is 11.6 Å². The van der Waals surface area contributed by atoms with Crippen LogP contribution in [0.15, 0.2) is 28.7 Å². The van der Waals surface area contributed by atoms with Gasteiger partial charge in [-0.2, -0.15) is 0 Å². The number of benzene rings is 1. The molecule has 0 bridgehead atoms. The number of thioether (sulfide) groups is 1. The van der Waals surface area contributed by atoms with Gasteiger partial charge in [0.2, 0.25) is 11.7 Å². The van der Waals surface area contributed by atoms with Crippen molar-refractivity contribution in [3.8, 4) is 5.75 Å². The fraction of sp³-hybridized carbons (Fsp3) is 0.294. The largest absolute Gasteiger partial charge is 0.495 e. The van der Waals surface area contributed by atoms with Crippen LogP contribution in [-0.4, -0.2) is 31.8 Å². The highest BCUT2D eigenvalue weighted by Gasteiger charge is 2.13.